The molecule has 92 valence electrons. The summed E-state index contributed by atoms with van der Waals surface area (Å²) in [6, 6.07) is 18.5. The van der Waals surface area contributed by atoms with Crippen LogP contribution in [0.1, 0.15) is 16.7 Å². The van der Waals surface area contributed by atoms with Crippen LogP contribution < -0.4 is 5.73 Å². The predicted molar refractivity (Wildman–Crippen MR) is 72.8 cm³/mol. The Balaban J connectivity index is 2.04. The maximum atomic E-state index is 8.51. The van der Waals surface area contributed by atoms with Crippen molar-refractivity contribution < 1.29 is 5.21 Å². The lowest BCUT2D eigenvalue weighted by Gasteiger charge is -2.04. The minimum Gasteiger partial charge on any atom is -0.409 e. The molecular formula is C15H16N2O. The maximum Gasteiger partial charge on any atom is 0.143 e. The van der Waals surface area contributed by atoms with Gasteiger partial charge in [0.25, 0.3) is 0 Å². The number of nitrogens with two attached hydrogens (primary N) is 1. The van der Waals surface area contributed by atoms with Crippen LogP contribution in [0.25, 0.3) is 0 Å². The van der Waals surface area contributed by atoms with Crippen LogP contribution in [-0.4, -0.2) is 11.0 Å². The van der Waals surface area contributed by atoms with Gasteiger partial charge in [-0.2, -0.15) is 0 Å². The molecule has 0 fully saturated rings. The Hall–Kier alpha value is -2.29. The lowest BCUT2D eigenvalue weighted by Crippen LogP contribution is -2.14. The molecule has 3 nitrogen and oxygen atoms in total. The second-order valence-electron chi connectivity index (χ2n) is 4.25. The van der Waals surface area contributed by atoms with Gasteiger partial charge >= 0.3 is 0 Å². The summed E-state index contributed by atoms with van der Waals surface area (Å²) in [6.07, 6.45) is 1.40. The highest BCUT2D eigenvalue weighted by molar-refractivity contribution is 5.81. The van der Waals surface area contributed by atoms with Crippen molar-refractivity contribution in [2.45, 2.75) is 12.8 Å². The summed E-state index contributed by atoms with van der Waals surface area (Å²) >= 11 is 0. The fourth-order valence-corrected chi connectivity index (χ4v) is 1.85. The minimum absolute atomic E-state index is 0.228. The average Bonchev–Trinajstić information content (AvgIpc) is 2.42. The third-order valence-corrected chi connectivity index (χ3v) is 2.79. The molecule has 3 heteroatoms. The molecule has 0 aliphatic rings. The molecule has 18 heavy (non-hydrogen) atoms. The number of nitrogens with zero attached hydrogens (tertiary/aromatic N) is 1. The van der Waals surface area contributed by atoms with Crippen molar-refractivity contribution in [1.29, 1.82) is 0 Å². The van der Waals surface area contributed by atoms with E-state index in [1.807, 2.05) is 30.3 Å². The Morgan fingerprint density at radius 3 is 2.06 bits per heavy atom. The van der Waals surface area contributed by atoms with Crippen molar-refractivity contribution in [3.63, 3.8) is 0 Å². The number of rotatable bonds is 4. The van der Waals surface area contributed by atoms with Crippen LogP contribution in [0.2, 0.25) is 0 Å². The summed E-state index contributed by atoms with van der Waals surface area (Å²) in [5, 5.41) is 11.5. The van der Waals surface area contributed by atoms with Gasteiger partial charge in [0.1, 0.15) is 5.84 Å². The molecule has 0 radical (unpaired) electrons. The normalized spacial score (nSPS) is 11.4. The van der Waals surface area contributed by atoms with Crippen LogP contribution in [0.15, 0.2) is 59.8 Å². The van der Waals surface area contributed by atoms with Crippen molar-refractivity contribution >= 4 is 5.84 Å². The minimum atomic E-state index is 0.228. The quantitative estimate of drug-likeness (QED) is 0.373. The van der Waals surface area contributed by atoms with Crippen molar-refractivity contribution in [2.75, 3.05) is 0 Å². The second kappa shape index (κ2) is 5.87. The van der Waals surface area contributed by atoms with Gasteiger partial charge < -0.3 is 10.9 Å². The lowest BCUT2D eigenvalue weighted by atomic mass is 10.0. The van der Waals surface area contributed by atoms with Crippen LogP contribution in [0, 0.1) is 0 Å². The summed E-state index contributed by atoms with van der Waals surface area (Å²) in [5.41, 5.74) is 9.06. The summed E-state index contributed by atoms with van der Waals surface area (Å²) in [5.74, 6) is 0.228. The van der Waals surface area contributed by atoms with Crippen molar-refractivity contribution in [3.8, 4) is 0 Å². The van der Waals surface area contributed by atoms with Crippen LogP contribution >= 0.6 is 0 Å². The van der Waals surface area contributed by atoms with Crippen molar-refractivity contribution in [3.05, 3.63) is 71.3 Å². The predicted octanol–water partition coefficient (Wildman–Crippen LogP) is 2.57. The van der Waals surface area contributed by atoms with Gasteiger partial charge in [0, 0.05) is 6.42 Å². The van der Waals surface area contributed by atoms with Crippen LogP contribution in [0.3, 0.4) is 0 Å². The number of hydrogen-bond donors (Lipinski definition) is 2. The second-order valence-corrected chi connectivity index (χ2v) is 4.25. The van der Waals surface area contributed by atoms with Gasteiger partial charge in [-0.05, 0) is 23.1 Å². The molecule has 2 rings (SSSR count). The number of oxime groups is 1. The lowest BCUT2D eigenvalue weighted by molar-refractivity contribution is 0.317. The zero-order valence-electron chi connectivity index (χ0n) is 10.1. The highest BCUT2D eigenvalue weighted by Crippen LogP contribution is 2.11. The van der Waals surface area contributed by atoms with Crippen molar-refractivity contribution in [1.82, 2.24) is 0 Å². The zero-order chi connectivity index (χ0) is 12.8. The monoisotopic (exact) mass is 240 g/mol. The Kier molecular flexibility index (Phi) is 3.97. The van der Waals surface area contributed by atoms with Gasteiger partial charge in [-0.1, -0.05) is 59.8 Å². The molecule has 0 bridgehead atoms. The van der Waals surface area contributed by atoms with Crippen LogP contribution in [0.5, 0.6) is 0 Å². The molecule has 2 aromatic rings. The van der Waals surface area contributed by atoms with Gasteiger partial charge in [0.05, 0.1) is 0 Å². The Morgan fingerprint density at radius 1 is 0.889 bits per heavy atom. The SMILES string of the molecule is NC(Cc1ccc(Cc2ccccc2)cc1)=NO. The van der Waals surface area contributed by atoms with Crippen LogP contribution in [0.4, 0.5) is 0 Å². The van der Waals surface area contributed by atoms with Crippen molar-refractivity contribution in [2.24, 2.45) is 10.9 Å². The summed E-state index contributed by atoms with van der Waals surface area (Å²) in [4.78, 5) is 0. The molecule has 0 spiro atoms. The molecule has 0 heterocycles. The van der Waals surface area contributed by atoms with E-state index in [2.05, 4.69) is 29.4 Å². The molecule has 0 amide bonds. The largest absolute Gasteiger partial charge is 0.409 e. The van der Waals surface area contributed by atoms with E-state index in [-0.39, 0.29) is 5.84 Å². The summed E-state index contributed by atoms with van der Waals surface area (Å²) in [7, 11) is 0. The first-order valence-corrected chi connectivity index (χ1v) is 5.86. The van der Waals surface area contributed by atoms with Gasteiger partial charge in [0.2, 0.25) is 0 Å². The van der Waals surface area contributed by atoms with Gasteiger partial charge in [-0.15, -0.1) is 0 Å². The van der Waals surface area contributed by atoms with E-state index in [9.17, 15) is 0 Å². The topological polar surface area (TPSA) is 58.6 Å². The number of benzene rings is 2. The molecule has 0 aliphatic heterocycles. The summed E-state index contributed by atoms with van der Waals surface area (Å²) in [6.45, 7) is 0. The van der Waals surface area contributed by atoms with Gasteiger partial charge in [-0.25, -0.2) is 0 Å². The first-order valence-electron chi connectivity index (χ1n) is 5.86. The fourth-order valence-electron chi connectivity index (χ4n) is 1.85. The van der Waals surface area contributed by atoms with E-state index in [0.717, 1.165) is 12.0 Å². The van der Waals surface area contributed by atoms with E-state index in [4.69, 9.17) is 10.9 Å². The Morgan fingerprint density at radius 2 is 1.44 bits per heavy atom. The highest BCUT2D eigenvalue weighted by Gasteiger charge is 1.99. The molecule has 0 aromatic heterocycles. The van der Waals surface area contributed by atoms with E-state index in [0.29, 0.717) is 6.42 Å². The van der Waals surface area contributed by atoms with E-state index < -0.39 is 0 Å². The summed E-state index contributed by atoms with van der Waals surface area (Å²) < 4.78 is 0. The molecule has 0 saturated heterocycles. The van der Waals surface area contributed by atoms with Gasteiger partial charge in [0.15, 0.2) is 0 Å². The molecular weight excluding hydrogens is 224 g/mol. The Labute approximate surface area is 107 Å². The standard InChI is InChI=1S/C15H16N2O/c16-15(17-18)11-14-8-6-13(7-9-14)10-12-4-2-1-3-5-12/h1-9,18H,10-11H2,(H2,16,17). The number of hydrogen-bond acceptors (Lipinski definition) is 2. The first kappa shape index (κ1) is 12.2. The fraction of sp³-hybridized carbons (Fsp3) is 0.133. The molecule has 0 atom stereocenters. The highest BCUT2D eigenvalue weighted by atomic mass is 16.4. The number of amidine groups is 1. The Bertz CT molecular complexity index is 518. The molecule has 0 aliphatic carbocycles. The molecule has 0 unspecified atom stereocenters. The van der Waals surface area contributed by atoms with E-state index >= 15 is 0 Å². The molecule has 0 saturated carbocycles. The van der Waals surface area contributed by atoms with Gasteiger partial charge in [-0.3, -0.25) is 0 Å². The molecule has 2 aromatic carbocycles. The smallest absolute Gasteiger partial charge is 0.143 e. The maximum absolute atomic E-state index is 8.51. The molecule has 3 N–H and O–H groups in total. The average molecular weight is 240 g/mol. The zero-order valence-corrected chi connectivity index (χ0v) is 10.1. The van der Waals surface area contributed by atoms with E-state index in [1.165, 1.54) is 11.1 Å². The van der Waals surface area contributed by atoms with Crippen LogP contribution in [-0.2, 0) is 12.8 Å². The van der Waals surface area contributed by atoms with E-state index in [1.54, 1.807) is 0 Å². The first-order chi connectivity index (χ1) is 8.78. The third-order valence-electron chi connectivity index (χ3n) is 2.79. The third kappa shape index (κ3) is 3.35.